The quantitative estimate of drug-likeness (QED) is 0.0384. The first-order valence-corrected chi connectivity index (χ1v) is 32.4. The van der Waals surface area contributed by atoms with Gasteiger partial charge in [-0.05, 0) is 60.2 Å². The van der Waals surface area contributed by atoms with Crippen molar-refractivity contribution >= 4 is 92.4 Å². The molecule has 0 saturated carbocycles. The normalized spacial score (nSPS) is 23.5. The number of H-pyrrole nitrogens is 1. The van der Waals surface area contributed by atoms with E-state index in [0.29, 0.717) is 55.6 Å². The lowest BCUT2D eigenvalue weighted by molar-refractivity contribution is -0.144. The molecule has 2 unspecified atom stereocenters. The maximum absolute atomic E-state index is 15.1. The highest BCUT2D eigenvalue weighted by atomic mass is 32.2. The van der Waals surface area contributed by atoms with E-state index in [1.807, 2.05) is 48.5 Å². The van der Waals surface area contributed by atoms with Crippen molar-refractivity contribution in [2.45, 2.75) is 145 Å². The summed E-state index contributed by atoms with van der Waals surface area (Å²) < 4.78 is 21.3. The highest BCUT2D eigenvalue weighted by Gasteiger charge is 2.45. The van der Waals surface area contributed by atoms with Gasteiger partial charge in [0.1, 0.15) is 47.0 Å². The molecule has 0 aliphatic carbocycles. The molecule has 3 aromatic carbocycles. The number of aromatic amines is 1. The van der Waals surface area contributed by atoms with E-state index in [4.69, 9.17) is 10.5 Å². The molecule has 1 fully saturated rings. The van der Waals surface area contributed by atoms with Gasteiger partial charge in [0.25, 0.3) is 0 Å². The van der Waals surface area contributed by atoms with Gasteiger partial charge in [-0.25, -0.2) is 0 Å². The number of hydrogen-bond acceptors (Lipinski definition) is 16. The topological polar surface area (TPSA) is 419 Å². The number of rotatable bonds is 18. The molecule has 0 spiro atoms. The molecule has 29 heteroatoms. The number of nitrogens with one attached hydrogen (secondary N) is 9. The average Bonchev–Trinajstić information content (AvgIpc) is 1.68. The second-order valence-corrected chi connectivity index (χ2v) is 25.1. The van der Waals surface area contributed by atoms with Gasteiger partial charge < -0.3 is 83.1 Å². The van der Waals surface area contributed by atoms with Gasteiger partial charge in [0.05, 0.1) is 79.2 Å². The molecule has 0 radical (unpaired) electrons. The summed E-state index contributed by atoms with van der Waals surface area (Å²) in [5.74, 6) is -5.68. The number of para-hydroxylation sites is 1. The Hall–Kier alpha value is -9.24. The molecule has 2 bridgehead atoms. The first-order valence-electron chi connectivity index (χ1n) is 31.1. The summed E-state index contributed by atoms with van der Waals surface area (Å²) in [7, 11) is -2.42. The van der Waals surface area contributed by atoms with E-state index < -0.39 is 176 Å². The maximum atomic E-state index is 15.1. The summed E-state index contributed by atoms with van der Waals surface area (Å²) >= 11 is 0. The molecule has 93 heavy (non-hydrogen) atoms. The van der Waals surface area contributed by atoms with Crippen LogP contribution in [0.4, 0.5) is 5.69 Å². The lowest BCUT2D eigenvalue weighted by atomic mass is 9.93. The highest BCUT2D eigenvalue weighted by molar-refractivity contribution is 7.85. The van der Waals surface area contributed by atoms with Crippen molar-refractivity contribution in [2.75, 3.05) is 50.0 Å². The largest absolute Gasteiger partial charge is 0.494 e. The minimum Gasteiger partial charge on any atom is -0.494 e. The van der Waals surface area contributed by atoms with Crippen molar-refractivity contribution < 1.29 is 77.0 Å². The maximum Gasteiger partial charge on any atom is 0.246 e. The molecule has 1 aromatic heterocycles. The number of ether oxygens (including phenoxy) is 1. The Morgan fingerprint density at radius 3 is 2.23 bits per heavy atom. The van der Waals surface area contributed by atoms with Crippen LogP contribution >= 0.6 is 0 Å². The van der Waals surface area contributed by atoms with E-state index in [2.05, 4.69) is 59.4 Å². The number of benzene rings is 3. The van der Waals surface area contributed by atoms with E-state index in [-0.39, 0.29) is 47.4 Å². The van der Waals surface area contributed by atoms with Crippen LogP contribution in [0, 0.1) is 23.7 Å². The molecule has 498 valence electrons. The van der Waals surface area contributed by atoms with Crippen LogP contribution in [0.3, 0.4) is 0 Å². The number of primary amides is 1. The zero-order valence-electron chi connectivity index (χ0n) is 51.9. The first-order chi connectivity index (χ1) is 44.5. The van der Waals surface area contributed by atoms with E-state index in [1.165, 1.54) is 6.92 Å². The average molecular weight is 1310 g/mol. The smallest absolute Gasteiger partial charge is 0.246 e. The zero-order valence-corrected chi connectivity index (χ0v) is 52.7. The van der Waals surface area contributed by atoms with Crippen molar-refractivity contribution in [3.05, 3.63) is 89.0 Å². The molecule has 28 nitrogen and oxygen atoms in total. The second-order valence-electron chi connectivity index (χ2n) is 23.6. The van der Waals surface area contributed by atoms with Gasteiger partial charge in [0.2, 0.25) is 65.0 Å². The molecule has 11 atom stereocenters. The molecule has 5 heterocycles. The standard InChI is InChI=1S/C64H80N12O16S/c1-4-35(2)56-61(88)68-29-53(82)69-47-34-93(91)63-43(27-45(58(85)67-30-54(83)73-56)70-62(89)57(36(3)50(79)33-77)74-60(87)49-25-40(78)32-76(49)64(90)46(28-51(65)80)71-59(47)86)42-20-19-41(26-44(42)72-63)92-24-12-6-5-11-23-66-52(81)21-22-55(84)75-31-39-15-8-7-13-37(39)17-18-38-14-9-10-16-48(38)75/h7-10,13-16,19-20,26,35-36,40,45-47,49-50,56-57,72,77-79H,4-6,11-12,21-25,27-34H2,1-3H3,(H2,65,80)(H,66,81)(H,67,85)(H,68,88)(H,69,82)(H,70,89)(H,71,86)(H,73,83)(H,74,87)/t35-,36+,40-,45+,46+,47-,49?,50+,56+,57+,93?/m1/s1. The van der Waals surface area contributed by atoms with Crippen LogP contribution in [-0.4, -0.2) is 188 Å². The van der Waals surface area contributed by atoms with Gasteiger partial charge in [-0.1, -0.05) is 82.2 Å². The minimum atomic E-state index is -2.42. The van der Waals surface area contributed by atoms with Crippen molar-refractivity contribution in [3.63, 3.8) is 0 Å². The van der Waals surface area contributed by atoms with Crippen molar-refractivity contribution in [1.29, 1.82) is 0 Å². The molecule has 8 rings (SSSR count). The number of nitrogens with two attached hydrogens (primary N) is 1. The Kier molecular flexibility index (Phi) is 24.2. The fraction of sp³-hybridized carbons (Fsp3) is 0.484. The molecule has 4 aliphatic heterocycles. The fourth-order valence-corrected chi connectivity index (χ4v) is 12.8. The van der Waals surface area contributed by atoms with E-state index >= 15 is 4.21 Å². The number of carbonyl (C=O) groups excluding carboxylic acids is 11. The van der Waals surface area contributed by atoms with Gasteiger partial charge in [0.15, 0.2) is 0 Å². The van der Waals surface area contributed by atoms with Crippen LogP contribution < -0.4 is 57.9 Å². The molecule has 14 N–H and O–H groups in total. The van der Waals surface area contributed by atoms with E-state index in [0.717, 1.165) is 28.0 Å². The number of aliphatic hydroxyl groups excluding tert-OH is 3. The summed E-state index contributed by atoms with van der Waals surface area (Å²) in [5, 5.41) is 52.4. The van der Waals surface area contributed by atoms with Crippen LogP contribution in [0.25, 0.3) is 10.9 Å². The van der Waals surface area contributed by atoms with E-state index in [1.54, 1.807) is 36.9 Å². The Labute approximate surface area is 538 Å². The molecule has 1 saturated heterocycles. The third kappa shape index (κ3) is 18.1. The third-order valence-corrected chi connectivity index (χ3v) is 18.4. The monoisotopic (exact) mass is 1300 g/mol. The second kappa shape index (κ2) is 32.4. The van der Waals surface area contributed by atoms with Gasteiger partial charge in [0, 0.05) is 67.3 Å². The van der Waals surface area contributed by atoms with Crippen LogP contribution in [0.2, 0.25) is 0 Å². The lowest BCUT2D eigenvalue weighted by Gasteiger charge is -2.32. The van der Waals surface area contributed by atoms with Crippen LogP contribution in [0.5, 0.6) is 5.75 Å². The summed E-state index contributed by atoms with van der Waals surface area (Å²) in [6, 6.07) is 9.71. The van der Waals surface area contributed by atoms with Gasteiger partial charge in [-0.3, -0.25) is 56.9 Å². The number of fused-ring (bicyclic) bond motifs is 7. The molecular formula is C64H80N12O16S. The zero-order chi connectivity index (χ0) is 67.0. The Morgan fingerprint density at radius 1 is 0.785 bits per heavy atom. The van der Waals surface area contributed by atoms with E-state index in [9.17, 15) is 68.1 Å². The SMILES string of the molecule is CC[C@@H](C)[C@@H]1NC(=O)CNC(=O)[C@@H]2Cc3c([nH]c4cc(OCCCCCCNC(=O)CCC(=O)N5Cc6ccccc6C#Cc6ccccc65)ccc34)S(=O)C[C@@H](NC(=O)CNC1=O)C(=O)N[C@@H](CC(N)=O)C(=O)N1C[C@H](O)CC1C(=O)N[C@@H]([C@@H](C)[C@@H](O)CO)C(=O)N2. The van der Waals surface area contributed by atoms with Gasteiger partial charge >= 0.3 is 0 Å². The number of nitrogens with zero attached hydrogens (tertiary/aromatic N) is 2. The number of aromatic nitrogens is 1. The predicted octanol–water partition coefficient (Wildman–Crippen LogP) is -1.84. The van der Waals surface area contributed by atoms with Gasteiger partial charge in [-0.2, -0.15) is 0 Å². The summed E-state index contributed by atoms with van der Waals surface area (Å²) in [4.78, 5) is 159. The Morgan fingerprint density at radius 2 is 1.48 bits per heavy atom. The molecule has 11 amide bonds. The summed E-state index contributed by atoms with van der Waals surface area (Å²) in [6.45, 7) is 2.65. The molecule has 4 aliphatic rings. The number of amides is 11. The minimum absolute atomic E-state index is 0.000501. The number of unbranched alkanes of at least 4 members (excludes halogenated alkanes) is 3. The van der Waals surface area contributed by atoms with Crippen molar-refractivity contribution in [3.8, 4) is 17.6 Å². The number of anilines is 1. The van der Waals surface area contributed by atoms with Crippen molar-refractivity contribution in [1.82, 2.24) is 52.4 Å². The number of hydrogen-bond donors (Lipinski definition) is 13. The summed E-state index contributed by atoms with van der Waals surface area (Å²) in [6.07, 6.45) is -1.86. The first kappa shape index (κ1) is 69.6. The Bertz CT molecular complexity index is 3590. The number of carbonyl (C=O) groups is 11. The van der Waals surface area contributed by atoms with Gasteiger partial charge in [-0.15, -0.1) is 0 Å². The molecule has 4 aromatic rings. The van der Waals surface area contributed by atoms with Crippen LogP contribution in [0.15, 0.2) is 71.8 Å². The fourth-order valence-electron chi connectivity index (χ4n) is 11.4. The highest BCUT2D eigenvalue weighted by Crippen LogP contribution is 2.32. The predicted molar refractivity (Wildman–Crippen MR) is 337 cm³/mol. The lowest BCUT2D eigenvalue weighted by Crippen LogP contribution is -2.62. The Balaban J connectivity index is 1.02. The third-order valence-electron chi connectivity index (χ3n) is 16.9. The van der Waals surface area contributed by atoms with Crippen LogP contribution in [-0.2, 0) is 76.5 Å². The number of aliphatic hydroxyl groups is 3. The molecular weight excluding hydrogens is 1220 g/mol. The van der Waals surface area contributed by atoms with Crippen LogP contribution in [0.1, 0.15) is 101 Å². The summed E-state index contributed by atoms with van der Waals surface area (Å²) in [5.41, 5.74) is 9.11. The van der Waals surface area contributed by atoms with Crippen molar-refractivity contribution in [2.24, 2.45) is 17.6 Å².